The third-order valence-corrected chi connectivity index (χ3v) is 6.24. The molecule has 3 heterocycles. The van der Waals surface area contributed by atoms with Crippen molar-refractivity contribution in [3.05, 3.63) is 33.5 Å². The number of hydrogen-bond acceptors (Lipinski definition) is 5. The zero-order valence-electron chi connectivity index (χ0n) is 13.3. The van der Waals surface area contributed by atoms with Gasteiger partial charge in [0.1, 0.15) is 0 Å². The van der Waals surface area contributed by atoms with Crippen molar-refractivity contribution in [2.75, 3.05) is 11.4 Å². The highest BCUT2D eigenvalue weighted by Gasteiger charge is 2.34. The minimum atomic E-state index is 0.116. The number of thiazole rings is 1. The molecule has 2 aliphatic rings. The fraction of sp³-hybridized carbons (Fsp3) is 0.529. The first-order valence-electron chi connectivity index (χ1n) is 8.22. The molecular formula is C17H21N3OS2. The molecule has 0 aromatic carbocycles. The van der Waals surface area contributed by atoms with Crippen LogP contribution < -0.4 is 4.90 Å². The summed E-state index contributed by atoms with van der Waals surface area (Å²) in [6.45, 7) is 3.66. The van der Waals surface area contributed by atoms with E-state index in [-0.39, 0.29) is 5.91 Å². The molecule has 0 N–H and O–H groups in total. The van der Waals surface area contributed by atoms with Crippen molar-refractivity contribution in [3.63, 3.8) is 0 Å². The predicted octanol–water partition coefficient (Wildman–Crippen LogP) is 4.06. The van der Waals surface area contributed by atoms with E-state index in [4.69, 9.17) is 4.98 Å². The smallest absolute Gasteiger partial charge is 0.225 e. The summed E-state index contributed by atoms with van der Waals surface area (Å²) >= 11 is 3.38. The van der Waals surface area contributed by atoms with Crippen molar-refractivity contribution < 1.29 is 4.79 Å². The molecule has 6 heteroatoms. The van der Waals surface area contributed by atoms with Crippen LogP contribution in [-0.2, 0) is 11.3 Å². The van der Waals surface area contributed by atoms with E-state index in [0.29, 0.717) is 12.1 Å². The predicted molar refractivity (Wildman–Crippen MR) is 95.0 cm³/mol. The van der Waals surface area contributed by atoms with Crippen molar-refractivity contribution in [2.45, 2.75) is 51.2 Å². The molecule has 1 aliphatic carbocycles. The molecule has 1 saturated carbocycles. The fourth-order valence-corrected chi connectivity index (χ4v) is 5.06. The summed E-state index contributed by atoms with van der Waals surface area (Å²) in [5.41, 5.74) is 2.53. The Kier molecular flexibility index (Phi) is 4.22. The molecule has 2 aromatic heterocycles. The van der Waals surface area contributed by atoms with E-state index in [9.17, 15) is 4.79 Å². The maximum atomic E-state index is 11.9. The number of hydrogen-bond donors (Lipinski definition) is 0. The topological polar surface area (TPSA) is 36.4 Å². The quantitative estimate of drug-likeness (QED) is 0.818. The van der Waals surface area contributed by atoms with E-state index in [1.54, 1.807) is 29.6 Å². The van der Waals surface area contributed by atoms with Crippen molar-refractivity contribution in [3.8, 4) is 0 Å². The number of amides is 1. The lowest BCUT2D eigenvalue weighted by atomic mass is 10.1. The van der Waals surface area contributed by atoms with Gasteiger partial charge in [-0.25, -0.2) is 4.98 Å². The Hall–Kier alpha value is -1.24. The molecule has 1 aliphatic heterocycles. The lowest BCUT2D eigenvalue weighted by molar-refractivity contribution is -0.116. The second-order valence-electron chi connectivity index (χ2n) is 6.43. The molecule has 1 saturated heterocycles. The van der Waals surface area contributed by atoms with Gasteiger partial charge in [0.2, 0.25) is 5.91 Å². The highest BCUT2D eigenvalue weighted by molar-refractivity contribution is 7.14. The average molecular weight is 348 g/mol. The van der Waals surface area contributed by atoms with Crippen molar-refractivity contribution in [2.24, 2.45) is 0 Å². The van der Waals surface area contributed by atoms with Crippen LogP contribution in [0.1, 0.15) is 49.9 Å². The van der Waals surface area contributed by atoms with Gasteiger partial charge in [-0.2, -0.15) is 11.3 Å². The number of aromatic nitrogens is 1. The van der Waals surface area contributed by atoms with Gasteiger partial charge in [0.05, 0.1) is 5.69 Å². The average Bonchev–Trinajstić information content (AvgIpc) is 2.97. The van der Waals surface area contributed by atoms with E-state index < -0.39 is 0 Å². The number of carbonyl (C=O) groups excluding carboxylic acids is 1. The van der Waals surface area contributed by atoms with Crippen LogP contribution in [0.4, 0.5) is 5.13 Å². The maximum absolute atomic E-state index is 11.9. The molecule has 0 radical (unpaired) electrons. The van der Waals surface area contributed by atoms with Crippen LogP contribution in [0, 0.1) is 0 Å². The third-order valence-electron chi connectivity index (χ3n) is 4.65. The number of anilines is 1. The maximum Gasteiger partial charge on any atom is 0.225 e. The van der Waals surface area contributed by atoms with Crippen LogP contribution in [-0.4, -0.2) is 28.4 Å². The van der Waals surface area contributed by atoms with E-state index in [0.717, 1.165) is 36.8 Å². The monoisotopic (exact) mass is 347 g/mol. The van der Waals surface area contributed by atoms with Gasteiger partial charge in [-0.05, 0) is 54.6 Å². The summed E-state index contributed by atoms with van der Waals surface area (Å²) in [6, 6.07) is 3.15. The molecule has 4 rings (SSSR count). The molecule has 0 bridgehead atoms. The first kappa shape index (κ1) is 15.3. The zero-order chi connectivity index (χ0) is 15.8. The van der Waals surface area contributed by atoms with Gasteiger partial charge in [-0.3, -0.25) is 14.6 Å². The number of nitrogens with zero attached hydrogens (tertiary/aromatic N) is 3. The van der Waals surface area contributed by atoms with Gasteiger partial charge >= 0.3 is 0 Å². The zero-order valence-corrected chi connectivity index (χ0v) is 14.9. The summed E-state index contributed by atoms with van der Waals surface area (Å²) in [6.07, 6.45) is 4.70. The second kappa shape index (κ2) is 6.34. The van der Waals surface area contributed by atoms with E-state index in [1.165, 1.54) is 18.4 Å². The second-order valence-corrected chi connectivity index (χ2v) is 8.04. The molecule has 23 heavy (non-hydrogen) atoms. The summed E-state index contributed by atoms with van der Waals surface area (Å²) < 4.78 is 0. The molecule has 1 amide bonds. The highest BCUT2D eigenvalue weighted by Crippen LogP contribution is 2.36. The van der Waals surface area contributed by atoms with Crippen LogP contribution in [0.3, 0.4) is 0 Å². The SMILES string of the molecule is CC(=O)N(c1nc(CN2CCC[C@@H]2c2ccsc2)cs1)C1CC1. The molecular weight excluding hydrogens is 326 g/mol. The molecule has 2 fully saturated rings. The van der Waals surface area contributed by atoms with Crippen molar-refractivity contribution >= 4 is 33.7 Å². The Morgan fingerprint density at radius 3 is 2.96 bits per heavy atom. The van der Waals surface area contributed by atoms with Gasteiger partial charge in [0.25, 0.3) is 0 Å². The van der Waals surface area contributed by atoms with Crippen LogP contribution in [0.25, 0.3) is 0 Å². The third kappa shape index (κ3) is 3.20. The van der Waals surface area contributed by atoms with E-state index in [1.807, 2.05) is 4.90 Å². The lowest BCUT2D eigenvalue weighted by Gasteiger charge is -2.23. The molecule has 122 valence electrons. The molecule has 4 nitrogen and oxygen atoms in total. The number of thiophene rings is 1. The van der Waals surface area contributed by atoms with E-state index >= 15 is 0 Å². The molecule has 1 atom stereocenters. The summed E-state index contributed by atoms with van der Waals surface area (Å²) in [4.78, 5) is 21.0. The largest absolute Gasteiger partial charge is 0.290 e. The normalized spacial score (nSPS) is 21.7. The summed E-state index contributed by atoms with van der Waals surface area (Å²) in [7, 11) is 0. The Morgan fingerprint density at radius 2 is 2.26 bits per heavy atom. The number of carbonyl (C=O) groups is 1. The molecule has 2 aromatic rings. The summed E-state index contributed by atoms with van der Waals surface area (Å²) in [5.74, 6) is 0.116. The first-order valence-corrected chi connectivity index (χ1v) is 10.0. The van der Waals surface area contributed by atoms with Gasteiger partial charge in [0, 0.05) is 30.9 Å². The Labute approximate surface area is 144 Å². The van der Waals surface area contributed by atoms with E-state index in [2.05, 4.69) is 27.1 Å². The minimum absolute atomic E-state index is 0.116. The number of rotatable bonds is 5. The van der Waals surface area contributed by atoms with Gasteiger partial charge in [0.15, 0.2) is 5.13 Å². The Balaban J connectivity index is 1.48. The molecule has 0 spiro atoms. The van der Waals surface area contributed by atoms with Crippen molar-refractivity contribution in [1.82, 2.24) is 9.88 Å². The minimum Gasteiger partial charge on any atom is -0.290 e. The molecule has 0 unspecified atom stereocenters. The van der Waals surface area contributed by atoms with Crippen LogP contribution in [0.15, 0.2) is 22.2 Å². The fourth-order valence-electron chi connectivity index (χ4n) is 3.43. The van der Waals surface area contributed by atoms with Crippen molar-refractivity contribution in [1.29, 1.82) is 0 Å². The van der Waals surface area contributed by atoms with Crippen LogP contribution in [0.2, 0.25) is 0 Å². The lowest BCUT2D eigenvalue weighted by Crippen LogP contribution is -2.30. The van der Waals surface area contributed by atoms with Gasteiger partial charge in [-0.1, -0.05) is 0 Å². The highest BCUT2D eigenvalue weighted by atomic mass is 32.1. The first-order chi connectivity index (χ1) is 11.2. The number of likely N-dealkylation sites (tertiary alicyclic amines) is 1. The Bertz CT molecular complexity index is 678. The van der Waals surface area contributed by atoms with Gasteiger partial charge in [-0.15, -0.1) is 11.3 Å². The summed E-state index contributed by atoms with van der Waals surface area (Å²) in [5, 5.41) is 7.42. The standard InChI is InChI=1S/C17H21N3OS2/c1-12(21)20(15-4-5-15)17-18-14(11-23-17)9-19-7-2-3-16(19)13-6-8-22-10-13/h6,8,10-11,15-16H,2-5,7,9H2,1H3/t16-/m1/s1. The van der Waals surface area contributed by atoms with Gasteiger partial charge < -0.3 is 0 Å². The van der Waals surface area contributed by atoms with Crippen LogP contribution in [0.5, 0.6) is 0 Å². The Morgan fingerprint density at radius 1 is 1.39 bits per heavy atom. The van der Waals surface area contributed by atoms with Crippen LogP contribution >= 0.6 is 22.7 Å².